The Morgan fingerprint density at radius 3 is 2.67 bits per heavy atom. The molecular formula is C15H10BrN3OS. The fourth-order valence-corrected chi connectivity index (χ4v) is 2.75. The number of halogens is 1. The van der Waals surface area contributed by atoms with Crippen LogP contribution in [0.5, 0.6) is 0 Å². The second-order valence-electron chi connectivity index (χ2n) is 4.21. The molecule has 3 aromatic rings. The van der Waals surface area contributed by atoms with Crippen LogP contribution in [0.1, 0.15) is 10.5 Å². The number of amides is 1. The van der Waals surface area contributed by atoms with E-state index in [2.05, 4.69) is 31.2 Å². The van der Waals surface area contributed by atoms with E-state index < -0.39 is 0 Å². The minimum Gasteiger partial charge on any atom is -0.321 e. The van der Waals surface area contributed by atoms with E-state index in [9.17, 15) is 4.79 Å². The lowest BCUT2D eigenvalue weighted by molar-refractivity contribution is 0.102. The number of aromatic nitrogens is 2. The standard InChI is InChI=1S/C15H10BrN3OS/c16-10-4-6-11(7-5-10)18-14(20)13-9-21-15(19-13)12-3-1-2-8-17-12/h1-9H,(H,18,20). The molecule has 0 spiro atoms. The van der Waals surface area contributed by atoms with Gasteiger partial charge < -0.3 is 5.32 Å². The number of nitrogens with zero attached hydrogens (tertiary/aromatic N) is 2. The lowest BCUT2D eigenvalue weighted by Crippen LogP contribution is -2.12. The van der Waals surface area contributed by atoms with Gasteiger partial charge >= 0.3 is 0 Å². The van der Waals surface area contributed by atoms with Crippen molar-refractivity contribution in [2.24, 2.45) is 0 Å². The van der Waals surface area contributed by atoms with Crippen LogP contribution >= 0.6 is 27.3 Å². The summed E-state index contributed by atoms with van der Waals surface area (Å²) in [5.41, 5.74) is 1.89. The summed E-state index contributed by atoms with van der Waals surface area (Å²) in [6.07, 6.45) is 1.71. The van der Waals surface area contributed by atoms with Crippen molar-refractivity contribution in [3.8, 4) is 10.7 Å². The quantitative estimate of drug-likeness (QED) is 0.761. The number of benzene rings is 1. The second-order valence-corrected chi connectivity index (χ2v) is 5.99. The number of thiazole rings is 1. The predicted molar refractivity (Wildman–Crippen MR) is 87.4 cm³/mol. The Morgan fingerprint density at radius 2 is 1.95 bits per heavy atom. The maximum Gasteiger partial charge on any atom is 0.275 e. The van der Waals surface area contributed by atoms with Crippen LogP contribution in [0.25, 0.3) is 10.7 Å². The zero-order valence-electron chi connectivity index (χ0n) is 10.8. The molecule has 0 radical (unpaired) electrons. The first-order chi connectivity index (χ1) is 10.2. The molecule has 6 heteroatoms. The summed E-state index contributed by atoms with van der Waals surface area (Å²) < 4.78 is 0.964. The van der Waals surface area contributed by atoms with Gasteiger partial charge in [0.1, 0.15) is 10.7 Å². The zero-order chi connectivity index (χ0) is 14.7. The molecule has 21 heavy (non-hydrogen) atoms. The van der Waals surface area contributed by atoms with Crippen molar-refractivity contribution in [2.45, 2.75) is 0 Å². The molecule has 1 amide bonds. The van der Waals surface area contributed by atoms with Gasteiger partial charge in [-0.2, -0.15) is 0 Å². The smallest absolute Gasteiger partial charge is 0.275 e. The first-order valence-electron chi connectivity index (χ1n) is 6.16. The van der Waals surface area contributed by atoms with Crippen LogP contribution in [0.4, 0.5) is 5.69 Å². The monoisotopic (exact) mass is 359 g/mol. The summed E-state index contributed by atoms with van der Waals surface area (Å²) >= 11 is 4.76. The number of hydrogen-bond donors (Lipinski definition) is 1. The van der Waals surface area contributed by atoms with Gasteiger partial charge in [0.05, 0.1) is 5.69 Å². The van der Waals surface area contributed by atoms with Gasteiger partial charge in [0.25, 0.3) is 5.91 Å². The molecule has 0 aliphatic heterocycles. The van der Waals surface area contributed by atoms with E-state index in [4.69, 9.17) is 0 Å². The van der Waals surface area contributed by atoms with Crippen LogP contribution in [-0.2, 0) is 0 Å². The third kappa shape index (κ3) is 3.34. The van der Waals surface area contributed by atoms with Gasteiger partial charge in [-0.05, 0) is 36.4 Å². The Bertz CT molecular complexity index is 756. The Kier molecular flexibility index (Phi) is 4.08. The molecule has 1 N–H and O–H groups in total. The van der Waals surface area contributed by atoms with Crippen molar-refractivity contribution in [3.63, 3.8) is 0 Å². The molecule has 104 valence electrons. The normalized spacial score (nSPS) is 10.3. The van der Waals surface area contributed by atoms with Gasteiger partial charge in [-0.25, -0.2) is 4.98 Å². The fourth-order valence-electron chi connectivity index (χ4n) is 1.71. The third-order valence-electron chi connectivity index (χ3n) is 2.72. The minimum atomic E-state index is -0.226. The first-order valence-corrected chi connectivity index (χ1v) is 7.83. The van der Waals surface area contributed by atoms with Crippen molar-refractivity contribution in [2.75, 3.05) is 5.32 Å². The van der Waals surface area contributed by atoms with Gasteiger partial charge in [-0.15, -0.1) is 11.3 Å². The van der Waals surface area contributed by atoms with E-state index in [1.165, 1.54) is 11.3 Å². The zero-order valence-corrected chi connectivity index (χ0v) is 13.2. The highest BCUT2D eigenvalue weighted by molar-refractivity contribution is 9.10. The lowest BCUT2D eigenvalue weighted by atomic mass is 10.3. The Balaban J connectivity index is 1.77. The molecule has 0 unspecified atom stereocenters. The van der Waals surface area contributed by atoms with Crippen LogP contribution < -0.4 is 5.32 Å². The van der Waals surface area contributed by atoms with E-state index >= 15 is 0 Å². The van der Waals surface area contributed by atoms with Crippen LogP contribution in [0.3, 0.4) is 0 Å². The Hall–Kier alpha value is -2.05. The summed E-state index contributed by atoms with van der Waals surface area (Å²) in [4.78, 5) is 20.7. The van der Waals surface area contributed by atoms with E-state index in [-0.39, 0.29) is 5.91 Å². The molecule has 0 atom stereocenters. The van der Waals surface area contributed by atoms with Crippen molar-refractivity contribution in [3.05, 3.63) is 64.2 Å². The summed E-state index contributed by atoms with van der Waals surface area (Å²) in [6.45, 7) is 0. The second kappa shape index (κ2) is 6.15. The molecular weight excluding hydrogens is 350 g/mol. The highest BCUT2D eigenvalue weighted by Gasteiger charge is 2.12. The number of nitrogens with one attached hydrogen (secondary N) is 1. The number of anilines is 1. The van der Waals surface area contributed by atoms with Crippen molar-refractivity contribution < 1.29 is 4.79 Å². The summed E-state index contributed by atoms with van der Waals surface area (Å²) in [6, 6.07) is 13.0. The number of pyridine rings is 1. The SMILES string of the molecule is O=C(Nc1ccc(Br)cc1)c1csc(-c2ccccn2)n1. The Labute approximate surface area is 134 Å². The number of hydrogen-bond acceptors (Lipinski definition) is 4. The number of carbonyl (C=O) groups is 1. The van der Waals surface area contributed by atoms with Gasteiger partial charge in [-0.1, -0.05) is 22.0 Å². The van der Waals surface area contributed by atoms with Crippen molar-refractivity contribution >= 4 is 38.9 Å². The highest BCUT2D eigenvalue weighted by Crippen LogP contribution is 2.22. The van der Waals surface area contributed by atoms with E-state index in [1.54, 1.807) is 11.6 Å². The number of carbonyl (C=O) groups excluding carboxylic acids is 1. The van der Waals surface area contributed by atoms with Gasteiger partial charge in [-0.3, -0.25) is 9.78 Å². The molecule has 0 bridgehead atoms. The van der Waals surface area contributed by atoms with E-state index in [0.717, 1.165) is 20.9 Å². The molecule has 3 rings (SSSR count). The molecule has 0 aliphatic carbocycles. The molecule has 0 saturated heterocycles. The van der Waals surface area contributed by atoms with Crippen molar-refractivity contribution in [1.82, 2.24) is 9.97 Å². The Morgan fingerprint density at radius 1 is 1.14 bits per heavy atom. The fraction of sp³-hybridized carbons (Fsp3) is 0. The third-order valence-corrected chi connectivity index (χ3v) is 4.12. The van der Waals surface area contributed by atoms with Crippen LogP contribution in [0.15, 0.2) is 58.5 Å². The molecule has 2 heterocycles. The van der Waals surface area contributed by atoms with E-state index in [0.29, 0.717) is 5.69 Å². The summed E-state index contributed by atoms with van der Waals surface area (Å²) in [5, 5.41) is 5.28. The largest absolute Gasteiger partial charge is 0.321 e. The molecule has 0 fully saturated rings. The average Bonchev–Trinajstić information content (AvgIpc) is 3.00. The molecule has 4 nitrogen and oxygen atoms in total. The molecule has 0 aliphatic rings. The summed E-state index contributed by atoms with van der Waals surface area (Å²) in [7, 11) is 0. The van der Waals surface area contributed by atoms with E-state index in [1.807, 2.05) is 42.5 Å². The van der Waals surface area contributed by atoms with Gasteiger partial charge in [0.15, 0.2) is 0 Å². The van der Waals surface area contributed by atoms with Crippen LogP contribution in [0.2, 0.25) is 0 Å². The van der Waals surface area contributed by atoms with Gasteiger partial charge in [0, 0.05) is 21.7 Å². The minimum absolute atomic E-state index is 0.226. The summed E-state index contributed by atoms with van der Waals surface area (Å²) in [5.74, 6) is -0.226. The molecule has 2 aromatic heterocycles. The first kappa shape index (κ1) is 13.9. The van der Waals surface area contributed by atoms with Crippen LogP contribution in [0, 0.1) is 0 Å². The molecule has 0 saturated carbocycles. The van der Waals surface area contributed by atoms with Gasteiger partial charge in [0.2, 0.25) is 0 Å². The maximum absolute atomic E-state index is 12.1. The lowest BCUT2D eigenvalue weighted by Gasteiger charge is -2.02. The number of rotatable bonds is 3. The highest BCUT2D eigenvalue weighted by atomic mass is 79.9. The predicted octanol–water partition coefficient (Wildman–Crippen LogP) is 4.22. The van der Waals surface area contributed by atoms with Crippen molar-refractivity contribution in [1.29, 1.82) is 0 Å². The topological polar surface area (TPSA) is 54.9 Å². The maximum atomic E-state index is 12.1. The van der Waals surface area contributed by atoms with Crippen LogP contribution in [-0.4, -0.2) is 15.9 Å². The average molecular weight is 360 g/mol. The molecule has 1 aromatic carbocycles.